The van der Waals surface area contributed by atoms with Crippen LogP contribution in [0.5, 0.6) is 5.75 Å². The normalized spacial score (nSPS) is 14.9. The summed E-state index contributed by atoms with van der Waals surface area (Å²) in [4.78, 5) is 11.3. The van der Waals surface area contributed by atoms with Crippen molar-refractivity contribution in [2.75, 3.05) is 11.9 Å². The van der Waals surface area contributed by atoms with E-state index in [1.165, 1.54) is 16.7 Å². The van der Waals surface area contributed by atoms with Gasteiger partial charge in [0, 0.05) is 29.4 Å². The first-order chi connectivity index (χ1) is 14.0. The van der Waals surface area contributed by atoms with Gasteiger partial charge in [0.2, 0.25) is 0 Å². The van der Waals surface area contributed by atoms with Crippen molar-refractivity contribution in [3.63, 3.8) is 0 Å². The molecule has 0 aliphatic carbocycles. The molecule has 0 saturated carbocycles. The summed E-state index contributed by atoms with van der Waals surface area (Å²) in [5.74, 6) is -0.833. The summed E-state index contributed by atoms with van der Waals surface area (Å²) >= 11 is 6.77. The van der Waals surface area contributed by atoms with Crippen LogP contribution in [-0.2, 0) is 11.3 Å². The molecule has 4 nitrogen and oxygen atoms in total. The Balaban J connectivity index is 1.57. The minimum Gasteiger partial charge on any atom is -0.492 e. The Labute approximate surface area is 175 Å². The molecule has 0 saturated heterocycles. The molecule has 1 aliphatic heterocycles. The van der Waals surface area contributed by atoms with Crippen molar-refractivity contribution < 1.29 is 14.6 Å². The molecule has 0 spiro atoms. The number of anilines is 1. The summed E-state index contributed by atoms with van der Waals surface area (Å²) < 4.78 is 5.55. The Kier molecular flexibility index (Phi) is 5.20. The second kappa shape index (κ2) is 7.80. The number of aliphatic carboxylic acids is 1. The molecule has 3 aromatic carbocycles. The molecule has 29 heavy (non-hydrogen) atoms. The van der Waals surface area contributed by atoms with Crippen LogP contribution >= 0.6 is 11.6 Å². The largest absolute Gasteiger partial charge is 0.492 e. The zero-order valence-electron chi connectivity index (χ0n) is 16.3. The minimum atomic E-state index is -0.862. The number of carbonyl (C=O) groups is 1. The Hall–Kier alpha value is -2.98. The molecule has 0 radical (unpaired) electrons. The fourth-order valence-electron chi connectivity index (χ4n) is 3.87. The van der Waals surface area contributed by atoms with Crippen LogP contribution in [0.25, 0.3) is 11.1 Å². The number of carboxylic acid groups (broad SMARTS) is 1. The number of benzene rings is 3. The van der Waals surface area contributed by atoms with Crippen LogP contribution in [0.3, 0.4) is 0 Å². The number of carboxylic acids is 1. The Bertz CT molecular complexity index is 1070. The molecule has 0 fully saturated rings. The van der Waals surface area contributed by atoms with Gasteiger partial charge in [-0.05, 0) is 42.2 Å². The van der Waals surface area contributed by atoms with E-state index in [-0.39, 0.29) is 6.61 Å². The van der Waals surface area contributed by atoms with E-state index in [0.29, 0.717) is 12.3 Å². The van der Waals surface area contributed by atoms with Crippen molar-refractivity contribution in [1.29, 1.82) is 0 Å². The SMILES string of the molecule is Cc1cccc(C)c1-c1cccc(CNc2ccc3c(c2)OCC3C(=O)O)c1Cl. The fourth-order valence-corrected chi connectivity index (χ4v) is 4.16. The second-order valence-corrected chi connectivity index (χ2v) is 7.73. The van der Waals surface area contributed by atoms with Gasteiger partial charge in [0.05, 0.1) is 5.02 Å². The number of halogens is 1. The molecule has 148 valence electrons. The molecule has 0 aromatic heterocycles. The highest BCUT2D eigenvalue weighted by molar-refractivity contribution is 6.34. The third-order valence-corrected chi connectivity index (χ3v) is 5.85. The van der Waals surface area contributed by atoms with E-state index >= 15 is 0 Å². The van der Waals surface area contributed by atoms with Gasteiger partial charge in [0.25, 0.3) is 0 Å². The number of hydrogen-bond donors (Lipinski definition) is 2. The molecule has 5 heteroatoms. The summed E-state index contributed by atoms with van der Waals surface area (Å²) in [5, 5.41) is 13.4. The summed E-state index contributed by atoms with van der Waals surface area (Å²) in [6.07, 6.45) is 0. The fraction of sp³-hybridized carbons (Fsp3) is 0.208. The van der Waals surface area contributed by atoms with Crippen LogP contribution in [0.15, 0.2) is 54.6 Å². The lowest BCUT2D eigenvalue weighted by molar-refractivity contribution is -0.138. The molecular weight excluding hydrogens is 386 g/mol. The predicted octanol–water partition coefficient (Wildman–Crippen LogP) is 5.80. The smallest absolute Gasteiger partial charge is 0.314 e. The molecule has 1 unspecified atom stereocenters. The predicted molar refractivity (Wildman–Crippen MR) is 116 cm³/mol. The minimum absolute atomic E-state index is 0.178. The third kappa shape index (κ3) is 3.68. The summed E-state index contributed by atoms with van der Waals surface area (Å²) in [6.45, 7) is 4.92. The molecule has 0 bridgehead atoms. The molecule has 2 N–H and O–H groups in total. The highest BCUT2D eigenvalue weighted by Gasteiger charge is 2.30. The van der Waals surface area contributed by atoms with Crippen LogP contribution in [-0.4, -0.2) is 17.7 Å². The van der Waals surface area contributed by atoms with Gasteiger partial charge in [-0.2, -0.15) is 0 Å². The molecule has 1 atom stereocenters. The number of hydrogen-bond acceptors (Lipinski definition) is 3. The average Bonchev–Trinajstić information content (AvgIpc) is 3.11. The lowest BCUT2D eigenvalue weighted by Crippen LogP contribution is -2.12. The van der Waals surface area contributed by atoms with Gasteiger partial charge in [0.15, 0.2) is 0 Å². The van der Waals surface area contributed by atoms with Crippen molar-refractivity contribution in [2.45, 2.75) is 26.3 Å². The number of fused-ring (bicyclic) bond motifs is 1. The lowest BCUT2D eigenvalue weighted by Gasteiger charge is -2.15. The molecule has 4 rings (SSSR count). The third-order valence-electron chi connectivity index (χ3n) is 5.40. The van der Waals surface area contributed by atoms with E-state index in [4.69, 9.17) is 16.3 Å². The van der Waals surface area contributed by atoms with Gasteiger partial charge in [-0.25, -0.2) is 0 Å². The van der Waals surface area contributed by atoms with E-state index in [1.807, 2.05) is 30.3 Å². The van der Waals surface area contributed by atoms with Gasteiger partial charge in [-0.3, -0.25) is 4.79 Å². The van der Waals surface area contributed by atoms with E-state index < -0.39 is 11.9 Å². The maximum atomic E-state index is 11.3. The van der Waals surface area contributed by atoms with Crippen LogP contribution in [0.4, 0.5) is 5.69 Å². The van der Waals surface area contributed by atoms with Crippen LogP contribution < -0.4 is 10.1 Å². The second-order valence-electron chi connectivity index (χ2n) is 7.35. The molecule has 1 heterocycles. The first-order valence-electron chi connectivity index (χ1n) is 9.53. The van der Waals surface area contributed by atoms with E-state index in [9.17, 15) is 9.90 Å². The zero-order chi connectivity index (χ0) is 20.5. The molecule has 1 aliphatic rings. The topological polar surface area (TPSA) is 58.6 Å². The highest BCUT2D eigenvalue weighted by atomic mass is 35.5. The van der Waals surface area contributed by atoms with E-state index in [2.05, 4.69) is 43.4 Å². The lowest BCUT2D eigenvalue weighted by atomic mass is 9.94. The standard InChI is InChI=1S/C24H22ClNO3/c1-14-5-3-6-15(2)22(14)19-8-4-7-16(23(19)25)12-26-17-9-10-18-20(24(27)28)13-29-21(18)11-17/h3-11,20,26H,12-13H2,1-2H3,(H,27,28). The van der Waals surface area contributed by atoms with Crippen LogP contribution in [0.1, 0.15) is 28.2 Å². The van der Waals surface area contributed by atoms with Gasteiger partial charge in [0.1, 0.15) is 18.3 Å². The maximum absolute atomic E-state index is 11.3. The van der Waals surface area contributed by atoms with Crippen molar-refractivity contribution in [1.82, 2.24) is 0 Å². The molecule has 3 aromatic rings. The van der Waals surface area contributed by atoms with E-state index in [1.54, 1.807) is 0 Å². The monoisotopic (exact) mass is 407 g/mol. The average molecular weight is 408 g/mol. The van der Waals surface area contributed by atoms with Crippen molar-refractivity contribution in [3.8, 4) is 16.9 Å². The number of nitrogens with one attached hydrogen (secondary N) is 1. The van der Waals surface area contributed by atoms with Gasteiger partial charge in [-0.1, -0.05) is 54.1 Å². The summed E-state index contributed by atoms with van der Waals surface area (Å²) in [5.41, 5.74) is 7.17. The zero-order valence-corrected chi connectivity index (χ0v) is 17.1. The maximum Gasteiger partial charge on any atom is 0.314 e. The first-order valence-corrected chi connectivity index (χ1v) is 9.91. The number of ether oxygens (including phenoxy) is 1. The Morgan fingerprint density at radius 3 is 2.59 bits per heavy atom. The van der Waals surface area contributed by atoms with Crippen molar-refractivity contribution >= 4 is 23.3 Å². The summed E-state index contributed by atoms with van der Waals surface area (Å²) in [7, 11) is 0. The van der Waals surface area contributed by atoms with E-state index in [0.717, 1.165) is 27.4 Å². The molecule has 0 amide bonds. The van der Waals surface area contributed by atoms with Gasteiger partial charge >= 0.3 is 5.97 Å². The number of rotatable bonds is 5. The quantitative estimate of drug-likeness (QED) is 0.561. The molecular formula is C24H22ClNO3. The highest BCUT2D eigenvalue weighted by Crippen LogP contribution is 2.37. The van der Waals surface area contributed by atoms with Gasteiger partial charge in [-0.15, -0.1) is 0 Å². The number of aryl methyl sites for hydroxylation is 2. The van der Waals surface area contributed by atoms with Crippen LogP contribution in [0.2, 0.25) is 5.02 Å². The van der Waals surface area contributed by atoms with Gasteiger partial charge < -0.3 is 15.2 Å². The Morgan fingerprint density at radius 1 is 1.14 bits per heavy atom. The van der Waals surface area contributed by atoms with Crippen LogP contribution in [0, 0.1) is 13.8 Å². The summed E-state index contributed by atoms with van der Waals surface area (Å²) in [6, 6.07) is 17.9. The van der Waals surface area contributed by atoms with Crippen molar-refractivity contribution in [3.05, 3.63) is 81.9 Å². The Morgan fingerprint density at radius 2 is 1.86 bits per heavy atom. The van der Waals surface area contributed by atoms with Crippen molar-refractivity contribution in [2.24, 2.45) is 0 Å². The first kappa shape index (κ1) is 19.3.